The average molecular weight is 465 g/mol. The number of methoxy groups -OCH3 is 1. The first kappa shape index (κ1) is 21.5. The van der Waals surface area contributed by atoms with E-state index in [1.165, 1.54) is 13.2 Å². The van der Waals surface area contributed by atoms with Crippen molar-refractivity contribution in [3.8, 4) is 11.5 Å². The Morgan fingerprint density at radius 3 is 2.55 bits per heavy atom. The van der Waals surface area contributed by atoms with Gasteiger partial charge in [-0.05, 0) is 48.7 Å². The number of ketones is 1. The molecule has 3 aromatic rings. The minimum Gasteiger partial charge on any atom is -0.495 e. The number of anilines is 1. The van der Waals surface area contributed by atoms with Crippen LogP contribution in [0.1, 0.15) is 36.1 Å². The number of fused-ring (bicyclic) bond motifs is 2. The van der Waals surface area contributed by atoms with Crippen LogP contribution >= 0.6 is 0 Å². The van der Waals surface area contributed by atoms with Gasteiger partial charge < -0.3 is 9.47 Å². The van der Waals surface area contributed by atoms with E-state index in [9.17, 15) is 13.2 Å². The fourth-order valence-corrected chi connectivity index (χ4v) is 5.90. The molecule has 1 fully saturated rings. The van der Waals surface area contributed by atoms with Crippen LogP contribution < -0.4 is 14.2 Å². The molecule has 1 N–H and O–H groups in total. The molecule has 0 atom stereocenters. The molecule has 1 aromatic heterocycles. The minimum atomic E-state index is -3.92. The molecule has 0 radical (unpaired) electrons. The van der Waals surface area contributed by atoms with Gasteiger partial charge in [0.25, 0.3) is 10.0 Å². The molecule has 33 heavy (non-hydrogen) atoms. The molecule has 0 unspecified atom stereocenters. The van der Waals surface area contributed by atoms with Crippen LogP contribution in [0.25, 0.3) is 0 Å². The van der Waals surface area contributed by atoms with E-state index in [0.29, 0.717) is 17.9 Å². The molecule has 2 aromatic carbocycles. The van der Waals surface area contributed by atoms with E-state index < -0.39 is 15.4 Å². The SMILES string of the molecule is COc1ccccc1S(=O)(=O)Nc1cc(OCc2ccccn2)c2c(c1)C1(CCC1)C(=O)C2. The number of carbonyl (C=O) groups excluding carboxylic acids is 1. The zero-order valence-electron chi connectivity index (χ0n) is 18.2. The zero-order chi connectivity index (χ0) is 23.1. The highest BCUT2D eigenvalue weighted by Gasteiger charge is 2.51. The number of sulfonamides is 1. The molecule has 5 rings (SSSR count). The fraction of sp³-hybridized carbons (Fsp3) is 0.280. The van der Waals surface area contributed by atoms with Crippen molar-refractivity contribution in [1.82, 2.24) is 4.98 Å². The molecule has 8 heteroatoms. The van der Waals surface area contributed by atoms with E-state index in [1.807, 2.05) is 18.2 Å². The number of ether oxygens (including phenoxy) is 2. The predicted octanol–water partition coefficient (Wildman–Crippen LogP) is 4.02. The number of rotatable bonds is 7. The topological polar surface area (TPSA) is 94.6 Å². The monoisotopic (exact) mass is 464 g/mol. The number of Topliss-reactive ketones (excluding diaryl/α,β-unsaturated/α-hetero) is 1. The van der Waals surface area contributed by atoms with Gasteiger partial charge in [-0.3, -0.25) is 14.5 Å². The van der Waals surface area contributed by atoms with Crippen molar-refractivity contribution in [2.24, 2.45) is 0 Å². The summed E-state index contributed by atoms with van der Waals surface area (Å²) in [6.07, 6.45) is 4.52. The molecule has 0 aliphatic heterocycles. The Balaban J connectivity index is 1.53. The molecule has 1 heterocycles. The predicted molar refractivity (Wildman–Crippen MR) is 123 cm³/mol. The largest absolute Gasteiger partial charge is 0.495 e. The highest BCUT2D eigenvalue weighted by molar-refractivity contribution is 7.92. The van der Waals surface area contributed by atoms with Gasteiger partial charge in [0.05, 0.1) is 23.9 Å². The number of benzene rings is 2. The second-order valence-electron chi connectivity index (χ2n) is 8.40. The van der Waals surface area contributed by atoms with Crippen molar-refractivity contribution in [2.75, 3.05) is 11.8 Å². The van der Waals surface area contributed by atoms with E-state index in [1.54, 1.807) is 36.5 Å². The zero-order valence-corrected chi connectivity index (χ0v) is 19.0. The Morgan fingerprint density at radius 2 is 1.85 bits per heavy atom. The first-order valence-corrected chi connectivity index (χ1v) is 12.3. The lowest BCUT2D eigenvalue weighted by Crippen LogP contribution is -2.39. The molecular weight excluding hydrogens is 440 g/mol. The van der Waals surface area contributed by atoms with Gasteiger partial charge >= 0.3 is 0 Å². The maximum Gasteiger partial charge on any atom is 0.265 e. The fourth-order valence-electron chi connectivity index (χ4n) is 4.69. The molecule has 1 spiro atoms. The van der Waals surface area contributed by atoms with Crippen molar-refractivity contribution in [1.29, 1.82) is 0 Å². The van der Waals surface area contributed by atoms with E-state index in [-0.39, 0.29) is 23.0 Å². The summed E-state index contributed by atoms with van der Waals surface area (Å²) >= 11 is 0. The van der Waals surface area contributed by atoms with Crippen molar-refractivity contribution in [3.05, 3.63) is 77.6 Å². The molecule has 2 aliphatic rings. The van der Waals surface area contributed by atoms with Crippen LogP contribution in [0.15, 0.2) is 65.7 Å². The van der Waals surface area contributed by atoms with E-state index in [4.69, 9.17) is 9.47 Å². The number of carbonyl (C=O) groups is 1. The molecule has 0 saturated heterocycles. The Hall–Kier alpha value is -3.39. The third-order valence-electron chi connectivity index (χ3n) is 6.52. The number of aromatic nitrogens is 1. The van der Waals surface area contributed by atoms with Gasteiger partial charge in [0.2, 0.25) is 0 Å². The van der Waals surface area contributed by atoms with Crippen molar-refractivity contribution in [3.63, 3.8) is 0 Å². The molecule has 0 amide bonds. The standard InChI is InChI=1S/C25H24N2O5S/c1-31-21-8-2-3-9-23(21)33(29,30)27-18-13-20-19(15-24(28)25(20)10-6-11-25)22(14-18)32-16-17-7-4-5-12-26-17/h2-5,7-9,12-14,27H,6,10-11,15-16H2,1H3. The smallest absolute Gasteiger partial charge is 0.265 e. The number of pyridine rings is 1. The Kier molecular flexibility index (Phi) is 5.32. The van der Waals surface area contributed by atoms with Crippen LogP contribution in [-0.2, 0) is 33.3 Å². The summed E-state index contributed by atoms with van der Waals surface area (Å²) in [5.74, 6) is 0.938. The molecule has 170 valence electrons. The lowest BCUT2D eigenvalue weighted by molar-refractivity contribution is -0.125. The van der Waals surface area contributed by atoms with Gasteiger partial charge in [-0.1, -0.05) is 24.6 Å². The Labute approximate surface area is 192 Å². The van der Waals surface area contributed by atoms with Gasteiger partial charge in [-0.2, -0.15) is 0 Å². The van der Waals surface area contributed by atoms with Gasteiger partial charge in [0, 0.05) is 24.2 Å². The molecule has 2 aliphatic carbocycles. The van der Waals surface area contributed by atoms with Crippen molar-refractivity contribution in [2.45, 2.75) is 42.6 Å². The summed E-state index contributed by atoms with van der Waals surface area (Å²) in [5, 5.41) is 0. The Bertz CT molecular complexity index is 1320. The lowest BCUT2D eigenvalue weighted by Gasteiger charge is -2.37. The van der Waals surface area contributed by atoms with E-state index >= 15 is 0 Å². The van der Waals surface area contributed by atoms with Gasteiger partial charge in [-0.15, -0.1) is 0 Å². The molecule has 0 bridgehead atoms. The number of para-hydroxylation sites is 1. The van der Waals surface area contributed by atoms with Crippen molar-refractivity contribution < 1.29 is 22.7 Å². The molecular formula is C25H24N2O5S. The maximum atomic E-state index is 13.2. The second-order valence-corrected chi connectivity index (χ2v) is 10.1. The van der Waals surface area contributed by atoms with Crippen LogP contribution in [-0.4, -0.2) is 26.3 Å². The van der Waals surface area contributed by atoms with Crippen LogP contribution in [0.4, 0.5) is 5.69 Å². The van der Waals surface area contributed by atoms with Gasteiger partial charge in [-0.25, -0.2) is 8.42 Å². The van der Waals surface area contributed by atoms with Crippen molar-refractivity contribution >= 4 is 21.5 Å². The first-order chi connectivity index (χ1) is 15.9. The molecule has 7 nitrogen and oxygen atoms in total. The first-order valence-electron chi connectivity index (χ1n) is 10.8. The summed E-state index contributed by atoms with van der Waals surface area (Å²) in [6.45, 7) is 0.219. The average Bonchev–Trinajstić information content (AvgIpc) is 3.10. The summed E-state index contributed by atoms with van der Waals surface area (Å²) in [7, 11) is -2.49. The van der Waals surface area contributed by atoms with Crippen LogP contribution in [0.2, 0.25) is 0 Å². The van der Waals surface area contributed by atoms with Crippen LogP contribution in [0, 0.1) is 0 Å². The Morgan fingerprint density at radius 1 is 1.06 bits per heavy atom. The number of hydrogen-bond acceptors (Lipinski definition) is 6. The van der Waals surface area contributed by atoms with Gasteiger partial charge in [0.15, 0.2) is 0 Å². The summed E-state index contributed by atoms with van der Waals surface area (Å²) in [6, 6.07) is 15.4. The van der Waals surface area contributed by atoms with Gasteiger partial charge in [0.1, 0.15) is 28.8 Å². The third kappa shape index (κ3) is 3.74. The highest BCUT2D eigenvalue weighted by Crippen LogP contribution is 2.53. The number of hydrogen-bond donors (Lipinski definition) is 1. The highest BCUT2D eigenvalue weighted by atomic mass is 32.2. The number of nitrogens with zero attached hydrogens (tertiary/aromatic N) is 1. The number of nitrogens with one attached hydrogen (secondary N) is 1. The van der Waals surface area contributed by atoms with Crippen LogP contribution in [0.5, 0.6) is 11.5 Å². The minimum absolute atomic E-state index is 0.0402. The summed E-state index contributed by atoms with van der Waals surface area (Å²) in [5.41, 5.74) is 2.29. The third-order valence-corrected chi connectivity index (χ3v) is 7.94. The molecule has 1 saturated carbocycles. The lowest BCUT2D eigenvalue weighted by atomic mass is 9.64. The summed E-state index contributed by atoms with van der Waals surface area (Å²) in [4.78, 5) is 17.3. The maximum absolute atomic E-state index is 13.2. The normalized spacial score (nSPS) is 16.2. The van der Waals surface area contributed by atoms with E-state index in [0.717, 1.165) is 36.1 Å². The second kappa shape index (κ2) is 8.19. The van der Waals surface area contributed by atoms with Crippen LogP contribution in [0.3, 0.4) is 0 Å². The quantitative estimate of drug-likeness (QED) is 0.568. The summed E-state index contributed by atoms with van der Waals surface area (Å²) < 4.78 is 40.3. The van der Waals surface area contributed by atoms with E-state index in [2.05, 4.69) is 9.71 Å².